The van der Waals surface area contributed by atoms with Gasteiger partial charge in [-0.3, -0.25) is 4.79 Å². The SMILES string of the molecule is CN(/C=C1\COCCC1=O)c1ccccc1. The molecule has 0 aromatic heterocycles. The second kappa shape index (κ2) is 4.94. The Hall–Kier alpha value is -1.61. The Morgan fingerprint density at radius 1 is 1.31 bits per heavy atom. The van der Waals surface area contributed by atoms with Crippen LogP contribution in [0.1, 0.15) is 6.42 Å². The molecule has 2 rings (SSSR count). The Kier molecular flexibility index (Phi) is 3.37. The molecule has 1 aliphatic heterocycles. The third-order valence-corrected chi connectivity index (χ3v) is 2.60. The van der Waals surface area contributed by atoms with Crippen LogP contribution >= 0.6 is 0 Å². The van der Waals surface area contributed by atoms with Crippen LogP contribution in [0.3, 0.4) is 0 Å². The van der Waals surface area contributed by atoms with E-state index in [2.05, 4.69) is 0 Å². The fraction of sp³-hybridized carbons (Fsp3) is 0.308. The Labute approximate surface area is 95.3 Å². The molecule has 3 heteroatoms. The van der Waals surface area contributed by atoms with E-state index in [1.54, 1.807) is 0 Å². The number of hydrogen-bond acceptors (Lipinski definition) is 3. The first kappa shape index (κ1) is 10.9. The Morgan fingerprint density at radius 3 is 2.75 bits per heavy atom. The van der Waals surface area contributed by atoms with Crippen LogP contribution in [-0.2, 0) is 9.53 Å². The number of para-hydroxylation sites is 1. The molecule has 3 nitrogen and oxygen atoms in total. The van der Waals surface area contributed by atoms with Crippen molar-refractivity contribution >= 4 is 11.5 Å². The van der Waals surface area contributed by atoms with Crippen molar-refractivity contribution in [1.82, 2.24) is 0 Å². The van der Waals surface area contributed by atoms with E-state index < -0.39 is 0 Å². The topological polar surface area (TPSA) is 29.5 Å². The van der Waals surface area contributed by atoms with Crippen LogP contribution in [0.25, 0.3) is 0 Å². The predicted octanol–water partition coefficient (Wildman–Crippen LogP) is 2.00. The monoisotopic (exact) mass is 217 g/mol. The fourth-order valence-electron chi connectivity index (χ4n) is 1.67. The van der Waals surface area contributed by atoms with E-state index >= 15 is 0 Å². The van der Waals surface area contributed by atoms with Crippen molar-refractivity contribution in [1.29, 1.82) is 0 Å². The van der Waals surface area contributed by atoms with E-state index in [0.29, 0.717) is 19.6 Å². The number of hydrogen-bond donors (Lipinski definition) is 0. The van der Waals surface area contributed by atoms with Gasteiger partial charge in [0.1, 0.15) is 0 Å². The largest absolute Gasteiger partial charge is 0.376 e. The molecule has 0 N–H and O–H groups in total. The molecule has 0 amide bonds. The molecule has 1 aromatic carbocycles. The van der Waals surface area contributed by atoms with Gasteiger partial charge in [0.05, 0.1) is 13.2 Å². The van der Waals surface area contributed by atoms with Crippen LogP contribution in [0.4, 0.5) is 5.69 Å². The molecule has 0 aliphatic carbocycles. The van der Waals surface area contributed by atoms with E-state index in [1.165, 1.54) is 0 Å². The van der Waals surface area contributed by atoms with Gasteiger partial charge in [0.2, 0.25) is 0 Å². The molecule has 1 saturated heterocycles. The van der Waals surface area contributed by atoms with E-state index in [4.69, 9.17) is 4.74 Å². The molecule has 84 valence electrons. The number of rotatable bonds is 2. The lowest BCUT2D eigenvalue weighted by molar-refractivity contribution is -0.119. The lowest BCUT2D eigenvalue weighted by Crippen LogP contribution is -2.21. The average molecular weight is 217 g/mol. The minimum absolute atomic E-state index is 0.189. The first-order valence-electron chi connectivity index (χ1n) is 5.37. The van der Waals surface area contributed by atoms with Gasteiger partial charge in [-0.05, 0) is 12.1 Å². The van der Waals surface area contributed by atoms with Crippen molar-refractivity contribution in [2.75, 3.05) is 25.2 Å². The normalized spacial score (nSPS) is 18.8. The van der Waals surface area contributed by atoms with Crippen LogP contribution in [0, 0.1) is 0 Å². The van der Waals surface area contributed by atoms with Gasteiger partial charge in [0, 0.05) is 30.9 Å². The van der Waals surface area contributed by atoms with Gasteiger partial charge in [0.15, 0.2) is 5.78 Å². The molecule has 16 heavy (non-hydrogen) atoms. The highest BCUT2D eigenvalue weighted by atomic mass is 16.5. The second-order valence-corrected chi connectivity index (χ2v) is 3.83. The molecule has 1 aliphatic rings. The predicted molar refractivity (Wildman–Crippen MR) is 63.4 cm³/mol. The van der Waals surface area contributed by atoms with Crippen molar-refractivity contribution < 1.29 is 9.53 Å². The lowest BCUT2D eigenvalue weighted by atomic mass is 10.1. The van der Waals surface area contributed by atoms with Gasteiger partial charge >= 0.3 is 0 Å². The van der Waals surface area contributed by atoms with Crippen LogP contribution in [0.15, 0.2) is 42.1 Å². The average Bonchev–Trinajstić information content (AvgIpc) is 2.33. The van der Waals surface area contributed by atoms with Crippen molar-refractivity contribution in [2.24, 2.45) is 0 Å². The molecule has 0 unspecified atom stereocenters. The zero-order valence-corrected chi connectivity index (χ0v) is 9.35. The van der Waals surface area contributed by atoms with E-state index in [-0.39, 0.29) is 5.78 Å². The maximum absolute atomic E-state index is 11.6. The summed E-state index contributed by atoms with van der Waals surface area (Å²) in [7, 11) is 1.93. The number of anilines is 1. The molecule has 0 spiro atoms. The summed E-state index contributed by atoms with van der Waals surface area (Å²) in [6, 6.07) is 9.93. The molecule has 1 fully saturated rings. The van der Waals surface area contributed by atoms with Gasteiger partial charge in [0.25, 0.3) is 0 Å². The number of ether oxygens (including phenoxy) is 1. The molecular weight excluding hydrogens is 202 g/mol. The second-order valence-electron chi connectivity index (χ2n) is 3.83. The van der Waals surface area contributed by atoms with Gasteiger partial charge in [-0.15, -0.1) is 0 Å². The summed E-state index contributed by atoms with van der Waals surface area (Å²) < 4.78 is 5.27. The minimum Gasteiger partial charge on any atom is -0.376 e. The highest BCUT2D eigenvalue weighted by Gasteiger charge is 2.15. The zero-order chi connectivity index (χ0) is 11.4. The van der Waals surface area contributed by atoms with E-state index in [0.717, 1.165) is 11.3 Å². The highest BCUT2D eigenvalue weighted by molar-refractivity contribution is 5.96. The molecule has 0 radical (unpaired) electrons. The van der Waals surface area contributed by atoms with Crippen LogP contribution < -0.4 is 4.90 Å². The summed E-state index contributed by atoms with van der Waals surface area (Å²) in [6.07, 6.45) is 2.35. The quantitative estimate of drug-likeness (QED) is 0.709. The first-order valence-corrected chi connectivity index (χ1v) is 5.37. The van der Waals surface area contributed by atoms with Gasteiger partial charge in [-0.25, -0.2) is 0 Å². The highest BCUT2D eigenvalue weighted by Crippen LogP contribution is 2.15. The Morgan fingerprint density at radius 2 is 2.06 bits per heavy atom. The standard InChI is InChI=1S/C13H15NO2/c1-14(12-5-3-2-4-6-12)9-11-10-16-8-7-13(11)15/h2-6,9H,7-8,10H2,1H3/b11-9+. The van der Waals surface area contributed by atoms with Gasteiger partial charge < -0.3 is 9.64 Å². The minimum atomic E-state index is 0.189. The number of carbonyl (C=O) groups is 1. The van der Waals surface area contributed by atoms with E-state index in [9.17, 15) is 4.79 Å². The number of carbonyl (C=O) groups excluding carboxylic acids is 1. The lowest BCUT2D eigenvalue weighted by Gasteiger charge is -2.19. The first-order chi connectivity index (χ1) is 7.77. The summed E-state index contributed by atoms with van der Waals surface area (Å²) in [6.45, 7) is 0.973. The van der Waals surface area contributed by atoms with Gasteiger partial charge in [-0.2, -0.15) is 0 Å². The number of nitrogens with zero attached hydrogens (tertiary/aromatic N) is 1. The number of Topliss-reactive ketones (excluding diaryl/α,β-unsaturated/α-hetero) is 1. The molecule has 0 atom stereocenters. The number of ketones is 1. The molecule has 0 saturated carbocycles. The number of benzene rings is 1. The summed E-state index contributed by atoms with van der Waals surface area (Å²) in [5.41, 5.74) is 1.81. The van der Waals surface area contributed by atoms with Crippen molar-refractivity contribution in [3.05, 3.63) is 42.1 Å². The van der Waals surface area contributed by atoms with Crippen LogP contribution in [-0.4, -0.2) is 26.0 Å². The van der Waals surface area contributed by atoms with Crippen molar-refractivity contribution in [2.45, 2.75) is 6.42 Å². The van der Waals surface area contributed by atoms with Crippen LogP contribution in [0.2, 0.25) is 0 Å². The summed E-state index contributed by atoms with van der Waals surface area (Å²) in [4.78, 5) is 13.5. The molecule has 1 heterocycles. The fourth-order valence-corrected chi connectivity index (χ4v) is 1.67. The zero-order valence-electron chi connectivity index (χ0n) is 9.35. The maximum atomic E-state index is 11.6. The maximum Gasteiger partial charge on any atom is 0.164 e. The molecular formula is C13H15NO2. The van der Waals surface area contributed by atoms with Gasteiger partial charge in [-0.1, -0.05) is 18.2 Å². The Bertz CT molecular complexity index is 398. The molecule has 0 bridgehead atoms. The van der Waals surface area contributed by atoms with Crippen molar-refractivity contribution in [3.63, 3.8) is 0 Å². The summed E-state index contributed by atoms with van der Waals surface area (Å²) in [5.74, 6) is 0.189. The smallest absolute Gasteiger partial charge is 0.164 e. The van der Waals surface area contributed by atoms with E-state index in [1.807, 2.05) is 48.5 Å². The third-order valence-electron chi connectivity index (χ3n) is 2.60. The Balaban J connectivity index is 2.14. The third kappa shape index (κ3) is 2.49. The molecule has 1 aromatic rings. The summed E-state index contributed by atoms with van der Waals surface area (Å²) >= 11 is 0. The van der Waals surface area contributed by atoms with Crippen molar-refractivity contribution in [3.8, 4) is 0 Å². The van der Waals surface area contributed by atoms with Crippen LogP contribution in [0.5, 0.6) is 0 Å². The summed E-state index contributed by atoms with van der Waals surface area (Å²) in [5, 5.41) is 0.